The van der Waals surface area contributed by atoms with Crippen LogP contribution in [-0.2, 0) is 4.79 Å². The summed E-state index contributed by atoms with van der Waals surface area (Å²) in [6.45, 7) is 7.00. The van der Waals surface area contributed by atoms with Crippen LogP contribution in [0.1, 0.15) is 51.1 Å². The second-order valence-electron chi connectivity index (χ2n) is 7.02. The lowest BCUT2D eigenvalue weighted by atomic mass is 9.91. The minimum atomic E-state index is 0.0436. The van der Waals surface area contributed by atoms with E-state index in [4.69, 9.17) is 4.74 Å². The van der Waals surface area contributed by atoms with E-state index in [-0.39, 0.29) is 17.9 Å². The van der Waals surface area contributed by atoms with Gasteiger partial charge in [0.15, 0.2) is 0 Å². The molecule has 0 aromatic heterocycles. The lowest BCUT2D eigenvalue weighted by Gasteiger charge is -2.24. The van der Waals surface area contributed by atoms with Crippen molar-refractivity contribution >= 4 is 5.91 Å². The van der Waals surface area contributed by atoms with Crippen molar-refractivity contribution in [2.75, 3.05) is 19.7 Å². The van der Waals surface area contributed by atoms with E-state index in [1.807, 2.05) is 24.3 Å². The molecule has 1 aliphatic carbocycles. The van der Waals surface area contributed by atoms with Crippen LogP contribution in [0, 0.1) is 11.3 Å². The van der Waals surface area contributed by atoms with E-state index in [1.165, 1.54) is 0 Å². The number of nitrogens with one attached hydrogen (secondary N) is 2. The summed E-state index contributed by atoms with van der Waals surface area (Å²) >= 11 is 0. The Labute approximate surface area is 139 Å². The molecule has 1 aliphatic heterocycles. The molecule has 23 heavy (non-hydrogen) atoms. The first-order valence-electron chi connectivity index (χ1n) is 8.88. The summed E-state index contributed by atoms with van der Waals surface area (Å²) in [6, 6.07) is 8.10. The molecule has 0 bridgehead atoms. The molecular weight excluding hydrogens is 288 g/mol. The number of piperidine rings is 1. The Kier molecular flexibility index (Phi) is 4.90. The number of hydrogen-bond donors (Lipinski definition) is 2. The van der Waals surface area contributed by atoms with Crippen LogP contribution in [0.15, 0.2) is 24.3 Å². The van der Waals surface area contributed by atoms with Crippen LogP contribution >= 0.6 is 0 Å². The van der Waals surface area contributed by atoms with Gasteiger partial charge in [-0.15, -0.1) is 0 Å². The number of carbonyl (C=O) groups is 1. The Morgan fingerprint density at radius 1 is 1.35 bits per heavy atom. The SMILES string of the molecule is CCCOc1ccc(C(C)NC(=O)C2CC23CCNCC3)cc1. The van der Waals surface area contributed by atoms with Crippen molar-refractivity contribution in [1.29, 1.82) is 0 Å². The molecular formula is C19H28N2O2. The molecule has 2 unspecified atom stereocenters. The topological polar surface area (TPSA) is 50.4 Å². The summed E-state index contributed by atoms with van der Waals surface area (Å²) in [4.78, 5) is 12.5. The first-order valence-corrected chi connectivity index (χ1v) is 8.88. The normalized spacial score (nSPS) is 23.3. The maximum absolute atomic E-state index is 12.5. The standard InChI is InChI=1S/C19H28N2O2/c1-3-12-23-16-6-4-15(5-7-16)14(2)21-18(22)17-13-19(17)8-10-20-11-9-19/h4-7,14,17,20H,3,8-13H2,1-2H3,(H,21,22). The predicted molar refractivity (Wildman–Crippen MR) is 91.4 cm³/mol. The molecule has 1 aromatic carbocycles. The third-order valence-electron chi connectivity index (χ3n) is 5.32. The average molecular weight is 316 g/mol. The molecule has 4 nitrogen and oxygen atoms in total. The lowest BCUT2D eigenvalue weighted by molar-refractivity contribution is -0.123. The largest absolute Gasteiger partial charge is 0.494 e. The number of ether oxygens (including phenoxy) is 1. The van der Waals surface area contributed by atoms with Crippen LogP contribution in [0.5, 0.6) is 5.75 Å². The van der Waals surface area contributed by atoms with E-state index in [9.17, 15) is 4.79 Å². The van der Waals surface area contributed by atoms with Crippen molar-refractivity contribution in [2.24, 2.45) is 11.3 Å². The van der Waals surface area contributed by atoms with Gasteiger partial charge < -0.3 is 15.4 Å². The molecule has 2 aliphatic rings. The lowest BCUT2D eigenvalue weighted by Crippen LogP contribution is -2.34. The van der Waals surface area contributed by atoms with Gasteiger partial charge in [0.25, 0.3) is 0 Å². The van der Waals surface area contributed by atoms with E-state index < -0.39 is 0 Å². The molecule has 1 heterocycles. The number of rotatable bonds is 6. The Hall–Kier alpha value is -1.55. The summed E-state index contributed by atoms with van der Waals surface area (Å²) in [7, 11) is 0. The number of benzene rings is 1. The Morgan fingerprint density at radius 2 is 2.04 bits per heavy atom. The molecule has 2 atom stereocenters. The van der Waals surface area contributed by atoms with Crippen LogP contribution in [0.2, 0.25) is 0 Å². The zero-order valence-corrected chi connectivity index (χ0v) is 14.2. The second-order valence-corrected chi connectivity index (χ2v) is 7.02. The van der Waals surface area contributed by atoms with Crippen molar-refractivity contribution in [3.8, 4) is 5.75 Å². The van der Waals surface area contributed by atoms with Crippen molar-refractivity contribution < 1.29 is 9.53 Å². The van der Waals surface area contributed by atoms with Crippen molar-refractivity contribution in [3.63, 3.8) is 0 Å². The van der Waals surface area contributed by atoms with E-state index in [1.54, 1.807) is 0 Å². The highest BCUT2D eigenvalue weighted by Gasteiger charge is 2.57. The molecule has 2 fully saturated rings. The molecule has 1 aromatic rings. The maximum atomic E-state index is 12.5. The second kappa shape index (κ2) is 6.91. The van der Waals surface area contributed by atoms with Crippen LogP contribution < -0.4 is 15.4 Å². The summed E-state index contributed by atoms with van der Waals surface area (Å²) < 4.78 is 5.60. The van der Waals surface area contributed by atoms with Crippen LogP contribution in [0.4, 0.5) is 0 Å². The molecule has 2 N–H and O–H groups in total. The zero-order valence-electron chi connectivity index (χ0n) is 14.2. The van der Waals surface area contributed by atoms with Gasteiger partial charge in [-0.1, -0.05) is 19.1 Å². The first-order chi connectivity index (χ1) is 11.1. The Balaban J connectivity index is 1.52. The molecule has 3 rings (SSSR count). The van der Waals surface area contributed by atoms with E-state index in [0.717, 1.165) is 56.7 Å². The molecule has 1 spiro atoms. The van der Waals surface area contributed by atoms with Crippen LogP contribution in [0.25, 0.3) is 0 Å². The highest BCUT2D eigenvalue weighted by molar-refractivity contribution is 5.83. The van der Waals surface area contributed by atoms with Gasteiger partial charge in [0.2, 0.25) is 5.91 Å². The molecule has 1 saturated carbocycles. The van der Waals surface area contributed by atoms with E-state index in [2.05, 4.69) is 24.5 Å². The van der Waals surface area contributed by atoms with Gasteiger partial charge in [-0.2, -0.15) is 0 Å². The van der Waals surface area contributed by atoms with Gasteiger partial charge in [-0.25, -0.2) is 0 Å². The highest BCUT2D eigenvalue weighted by atomic mass is 16.5. The zero-order chi connectivity index (χ0) is 16.3. The summed E-state index contributed by atoms with van der Waals surface area (Å²) in [5.74, 6) is 1.34. The van der Waals surface area contributed by atoms with Gasteiger partial charge in [0, 0.05) is 5.92 Å². The van der Waals surface area contributed by atoms with Crippen LogP contribution in [-0.4, -0.2) is 25.6 Å². The van der Waals surface area contributed by atoms with E-state index in [0.29, 0.717) is 5.41 Å². The quantitative estimate of drug-likeness (QED) is 0.848. The monoisotopic (exact) mass is 316 g/mol. The maximum Gasteiger partial charge on any atom is 0.224 e. The van der Waals surface area contributed by atoms with Crippen LogP contribution in [0.3, 0.4) is 0 Å². The van der Waals surface area contributed by atoms with E-state index >= 15 is 0 Å². The third-order valence-corrected chi connectivity index (χ3v) is 5.32. The van der Waals surface area contributed by atoms with Gasteiger partial charge in [-0.3, -0.25) is 4.79 Å². The third kappa shape index (κ3) is 3.69. The first kappa shape index (κ1) is 16.3. The number of amides is 1. The van der Waals surface area contributed by atoms with Gasteiger partial charge in [0.1, 0.15) is 5.75 Å². The summed E-state index contributed by atoms with van der Waals surface area (Å²) in [5.41, 5.74) is 1.43. The average Bonchev–Trinajstić information content (AvgIpc) is 3.27. The minimum absolute atomic E-state index is 0.0436. The fourth-order valence-electron chi connectivity index (χ4n) is 3.67. The molecule has 4 heteroatoms. The fourth-order valence-corrected chi connectivity index (χ4v) is 3.67. The molecule has 1 amide bonds. The fraction of sp³-hybridized carbons (Fsp3) is 0.632. The molecule has 1 saturated heterocycles. The summed E-state index contributed by atoms with van der Waals surface area (Å²) in [5, 5.41) is 6.57. The highest BCUT2D eigenvalue weighted by Crippen LogP contribution is 2.58. The Bertz CT molecular complexity index is 535. The predicted octanol–water partition coefficient (Wildman–Crippen LogP) is 3.04. The minimum Gasteiger partial charge on any atom is -0.494 e. The van der Waals surface area contributed by atoms with Crippen molar-refractivity contribution in [1.82, 2.24) is 10.6 Å². The van der Waals surface area contributed by atoms with Gasteiger partial charge >= 0.3 is 0 Å². The van der Waals surface area contributed by atoms with Gasteiger partial charge in [-0.05, 0) is 68.8 Å². The molecule has 0 radical (unpaired) electrons. The summed E-state index contributed by atoms with van der Waals surface area (Å²) in [6.07, 6.45) is 4.36. The van der Waals surface area contributed by atoms with Gasteiger partial charge in [0.05, 0.1) is 12.6 Å². The van der Waals surface area contributed by atoms with Crippen molar-refractivity contribution in [2.45, 2.75) is 45.6 Å². The van der Waals surface area contributed by atoms with Crippen molar-refractivity contribution in [3.05, 3.63) is 29.8 Å². The Morgan fingerprint density at radius 3 is 2.70 bits per heavy atom. The number of hydrogen-bond acceptors (Lipinski definition) is 3. The molecule has 126 valence electrons. The smallest absolute Gasteiger partial charge is 0.224 e. The number of carbonyl (C=O) groups excluding carboxylic acids is 1.